The lowest BCUT2D eigenvalue weighted by Gasteiger charge is -2.44. The first-order chi connectivity index (χ1) is 12.4. The third-order valence-corrected chi connectivity index (χ3v) is 5.83. The second kappa shape index (κ2) is 6.94. The highest BCUT2D eigenvalue weighted by Crippen LogP contribution is 2.40. The molecular formula is C19H31N5O2. The molecule has 144 valence electrons. The molecule has 0 bridgehead atoms. The van der Waals surface area contributed by atoms with Crippen LogP contribution < -0.4 is 10.6 Å². The van der Waals surface area contributed by atoms with Crippen molar-refractivity contribution in [3.8, 4) is 0 Å². The third kappa shape index (κ3) is 3.52. The molecule has 2 unspecified atom stereocenters. The monoisotopic (exact) mass is 361 g/mol. The quantitative estimate of drug-likeness (QED) is 0.660. The minimum absolute atomic E-state index is 0.225. The van der Waals surface area contributed by atoms with E-state index in [0.717, 1.165) is 44.7 Å². The molecule has 0 aliphatic carbocycles. The van der Waals surface area contributed by atoms with Gasteiger partial charge in [0, 0.05) is 43.4 Å². The van der Waals surface area contributed by atoms with Crippen LogP contribution >= 0.6 is 0 Å². The van der Waals surface area contributed by atoms with Gasteiger partial charge in [0.1, 0.15) is 5.84 Å². The van der Waals surface area contributed by atoms with Crippen molar-refractivity contribution in [3.05, 3.63) is 11.9 Å². The van der Waals surface area contributed by atoms with Crippen molar-refractivity contribution in [1.29, 1.82) is 0 Å². The number of likely N-dealkylation sites (tertiary alicyclic amines) is 1. The normalized spacial score (nSPS) is 35.5. The van der Waals surface area contributed by atoms with E-state index in [0.29, 0.717) is 17.8 Å². The number of nitrogens with zero attached hydrogens (tertiary/aromatic N) is 3. The topological polar surface area (TPSA) is 81.5 Å². The summed E-state index contributed by atoms with van der Waals surface area (Å²) in [5.41, 5.74) is 0.860. The number of amidine groups is 1. The molecule has 7 nitrogen and oxygen atoms in total. The molecule has 0 aromatic carbocycles. The predicted octanol–water partition coefficient (Wildman–Crippen LogP) is 1.27. The standard InChI is InChI=1S/C19H31N5O2/c1-19(2,3)26-18(25)24-8-4-5-12(10-24)16-15-13-6-7-20-17(13)21-9-14(15)22-11-23-16/h9,11-13,15-16,18,25H,4-8,10H2,1-3H3,(H,20,21)(H,22,23)/t12?,13?,15-,16-,18-/m0/s1. The van der Waals surface area contributed by atoms with Crippen LogP contribution in [0.5, 0.6) is 0 Å². The average Bonchev–Trinajstić information content (AvgIpc) is 3.09. The number of hydrogen-bond acceptors (Lipinski definition) is 7. The van der Waals surface area contributed by atoms with Gasteiger partial charge in [-0.05, 0) is 46.0 Å². The van der Waals surface area contributed by atoms with Gasteiger partial charge in [0.25, 0.3) is 0 Å². The van der Waals surface area contributed by atoms with E-state index in [-0.39, 0.29) is 11.6 Å². The molecule has 26 heavy (non-hydrogen) atoms. The summed E-state index contributed by atoms with van der Waals surface area (Å²) in [4.78, 5) is 11.5. The van der Waals surface area contributed by atoms with Gasteiger partial charge in [-0.2, -0.15) is 0 Å². The number of aliphatic hydroxyl groups excluding tert-OH is 1. The zero-order chi connectivity index (χ0) is 18.3. The molecule has 1 saturated heterocycles. The van der Waals surface area contributed by atoms with Crippen molar-refractivity contribution in [2.24, 2.45) is 27.7 Å². The number of aliphatic hydroxyl groups is 1. The number of rotatable bonds is 3. The molecule has 0 aromatic heterocycles. The lowest BCUT2D eigenvalue weighted by Crippen LogP contribution is -2.53. The lowest BCUT2D eigenvalue weighted by atomic mass is 9.73. The van der Waals surface area contributed by atoms with Crippen LogP contribution in [0, 0.1) is 17.8 Å². The number of aliphatic imine (C=N–C) groups is 2. The van der Waals surface area contributed by atoms with Gasteiger partial charge in [-0.25, -0.2) is 0 Å². The van der Waals surface area contributed by atoms with E-state index in [9.17, 15) is 5.11 Å². The Bertz CT molecular complexity index is 624. The zero-order valence-corrected chi connectivity index (χ0v) is 16.0. The Morgan fingerprint density at radius 1 is 1.31 bits per heavy atom. The van der Waals surface area contributed by atoms with E-state index in [4.69, 9.17) is 9.73 Å². The molecule has 3 N–H and O–H groups in total. The number of fused-ring (bicyclic) bond motifs is 3. The molecule has 4 heterocycles. The van der Waals surface area contributed by atoms with Crippen molar-refractivity contribution < 1.29 is 9.84 Å². The largest absolute Gasteiger partial charge is 0.356 e. The number of piperidine rings is 1. The molecule has 4 aliphatic rings. The Labute approximate surface area is 155 Å². The highest BCUT2D eigenvalue weighted by atomic mass is 16.6. The van der Waals surface area contributed by atoms with Gasteiger partial charge in [0.2, 0.25) is 6.41 Å². The van der Waals surface area contributed by atoms with Crippen molar-refractivity contribution in [3.63, 3.8) is 0 Å². The Morgan fingerprint density at radius 2 is 2.15 bits per heavy atom. The Balaban J connectivity index is 1.50. The van der Waals surface area contributed by atoms with Gasteiger partial charge < -0.3 is 20.5 Å². The van der Waals surface area contributed by atoms with Gasteiger partial charge in [-0.3, -0.25) is 14.9 Å². The maximum atomic E-state index is 10.5. The average molecular weight is 361 g/mol. The molecule has 0 amide bonds. The van der Waals surface area contributed by atoms with Crippen molar-refractivity contribution in [2.75, 3.05) is 19.6 Å². The SMILES string of the molecule is CC(C)(C)O[C@H](O)N1CCCC([C@@H]2N=CNC3=CNC4=NCCC4[C@@H]32)C1. The second-order valence-corrected chi connectivity index (χ2v) is 8.80. The molecule has 1 fully saturated rings. The van der Waals surface area contributed by atoms with Gasteiger partial charge in [0.15, 0.2) is 0 Å². The van der Waals surface area contributed by atoms with Gasteiger partial charge >= 0.3 is 0 Å². The number of nitrogens with one attached hydrogen (secondary N) is 2. The van der Waals surface area contributed by atoms with E-state index in [1.54, 1.807) is 0 Å². The fourth-order valence-corrected chi connectivity index (χ4v) is 4.72. The maximum Gasteiger partial charge on any atom is 0.216 e. The number of hydrogen-bond donors (Lipinski definition) is 3. The van der Waals surface area contributed by atoms with Crippen LogP contribution in [0.3, 0.4) is 0 Å². The van der Waals surface area contributed by atoms with Gasteiger partial charge in [-0.15, -0.1) is 0 Å². The first kappa shape index (κ1) is 17.9. The zero-order valence-electron chi connectivity index (χ0n) is 16.0. The lowest BCUT2D eigenvalue weighted by molar-refractivity contribution is -0.245. The van der Waals surface area contributed by atoms with Crippen LogP contribution in [0.4, 0.5) is 0 Å². The molecule has 0 saturated carbocycles. The Morgan fingerprint density at radius 3 is 2.96 bits per heavy atom. The second-order valence-electron chi connectivity index (χ2n) is 8.80. The first-order valence-corrected chi connectivity index (χ1v) is 9.81. The summed E-state index contributed by atoms with van der Waals surface area (Å²) in [7, 11) is 0. The van der Waals surface area contributed by atoms with Gasteiger partial charge in [-0.1, -0.05) is 0 Å². The van der Waals surface area contributed by atoms with Crippen molar-refractivity contribution in [2.45, 2.75) is 58.1 Å². The summed E-state index contributed by atoms with van der Waals surface area (Å²) >= 11 is 0. The van der Waals surface area contributed by atoms with E-state index in [1.807, 2.05) is 27.1 Å². The summed E-state index contributed by atoms with van der Waals surface area (Å²) < 4.78 is 5.78. The van der Waals surface area contributed by atoms with Crippen LogP contribution in [0.15, 0.2) is 21.9 Å². The van der Waals surface area contributed by atoms with Crippen molar-refractivity contribution in [1.82, 2.24) is 15.5 Å². The minimum atomic E-state index is -0.852. The third-order valence-electron chi connectivity index (χ3n) is 5.83. The fraction of sp³-hybridized carbons (Fsp3) is 0.789. The summed E-state index contributed by atoms with van der Waals surface area (Å²) in [6.07, 6.45) is 6.33. The molecule has 0 spiro atoms. The van der Waals surface area contributed by atoms with E-state index >= 15 is 0 Å². The van der Waals surface area contributed by atoms with Crippen LogP contribution in [0.25, 0.3) is 0 Å². The van der Waals surface area contributed by atoms with E-state index in [2.05, 4.69) is 26.7 Å². The fourth-order valence-electron chi connectivity index (χ4n) is 4.72. The predicted molar refractivity (Wildman–Crippen MR) is 102 cm³/mol. The van der Waals surface area contributed by atoms with Gasteiger partial charge in [0.05, 0.1) is 18.0 Å². The molecule has 7 heteroatoms. The first-order valence-electron chi connectivity index (χ1n) is 9.81. The Hall–Kier alpha value is -1.44. The highest BCUT2D eigenvalue weighted by molar-refractivity contribution is 5.89. The van der Waals surface area contributed by atoms with Crippen LogP contribution in [0.1, 0.15) is 40.0 Å². The summed E-state index contributed by atoms with van der Waals surface area (Å²) in [6.45, 7) is 8.50. The summed E-state index contributed by atoms with van der Waals surface area (Å²) in [6, 6.07) is 0.225. The Kier molecular flexibility index (Phi) is 4.79. The van der Waals surface area contributed by atoms with E-state index < -0.39 is 6.41 Å². The molecule has 4 rings (SSSR count). The summed E-state index contributed by atoms with van der Waals surface area (Å²) in [5.74, 6) is 2.31. The van der Waals surface area contributed by atoms with Crippen molar-refractivity contribution >= 4 is 12.2 Å². The molecule has 5 atom stereocenters. The maximum absolute atomic E-state index is 10.5. The molecule has 4 aliphatic heterocycles. The van der Waals surface area contributed by atoms with Crippen LogP contribution in [0.2, 0.25) is 0 Å². The minimum Gasteiger partial charge on any atom is -0.356 e. The van der Waals surface area contributed by atoms with E-state index in [1.165, 1.54) is 5.70 Å². The molecular weight excluding hydrogens is 330 g/mol. The van der Waals surface area contributed by atoms with Crippen LogP contribution in [-0.4, -0.2) is 59.9 Å². The number of ether oxygens (including phenoxy) is 1. The molecule has 0 radical (unpaired) electrons. The van der Waals surface area contributed by atoms with Crippen LogP contribution in [-0.2, 0) is 4.74 Å². The highest BCUT2D eigenvalue weighted by Gasteiger charge is 2.45. The summed E-state index contributed by atoms with van der Waals surface area (Å²) in [5, 5.41) is 17.2. The smallest absolute Gasteiger partial charge is 0.216 e. The molecule has 0 aromatic rings.